The number of hydrogen-bond donors (Lipinski definition) is 0. The standard InChI is InChI=1S/C12H21NS/c1-11(2,3)14-12(10-13)8-6-4-5-7-9-12/h4-9H2,1-3H3. The van der Waals surface area contributed by atoms with Crippen LogP contribution in [0.1, 0.15) is 59.3 Å². The Hall–Kier alpha value is -0.160. The van der Waals surface area contributed by atoms with Crippen molar-refractivity contribution < 1.29 is 0 Å². The topological polar surface area (TPSA) is 23.8 Å². The summed E-state index contributed by atoms with van der Waals surface area (Å²) < 4.78 is 0.120. The third-order valence-electron chi connectivity index (χ3n) is 2.62. The maximum absolute atomic E-state index is 9.36. The third-order valence-corrected chi connectivity index (χ3v) is 4.12. The van der Waals surface area contributed by atoms with Crippen LogP contribution >= 0.6 is 11.8 Å². The Bertz CT molecular complexity index is 213. The van der Waals surface area contributed by atoms with Gasteiger partial charge in [-0.1, -0.05) is 46.5 Å². The predicted molar refractivity (Wildman–Crippen MR) is 63.4 cm³/mol. The highest BCUT2D eigenvalue weighted by Gasteiger charge is 2.35. The lowest BCUT2D eigenvalue weighted by Crippen LogP contribution is -2.28. The molecule has 1 rings (SSSR count). The van der Waals surface area contributed by atoms with Crippen molar-refractivity contribution >= 4 is 11.8 Å². The SMILES string of the molecule is CC(C)(C)SC1(C#N)CCCCCC1. The molecule has 0 atom stereocenters. The zero-order valence-electron chi connectivity index (χ0n) is 9.60. The van der Waals surface area contributed by atoms with E-state index in [1.54, 1.807) is 0 Å². The van der Waals surface area contributed by atoms with Gasteiger partial charge in [-0.2, -0.15) is 5.26 Å². The van der Waals surface area contributed by atoms with Crippen molar-refractivity contribution in [3.05, 3.63) is 0 Å². The Labute approximate surface area is 92.3 Å². The Morgan fingerprint density at radius 3 is 1.93 bits per heavy atom. The van der Waals surface area contributed by atoms with Gasteiger partial charge in [0.2, 0.25) is 0 Å². The summed E-state index contributed by atoms with van der Waals surface area (Å²) in [7, 11) is 0. The van der Waals surface area contributed by atoms with E-state index in [0.29, 0.717) is 0 Å². The van der Waals surface area contributed by atoms with Gasteiger partial charge < -0.3 is 0 Å². The van der Waals surface area contributed by atoms with E-state index >= 15 is 0 Å². The molecule has 0 aromatic rings. The molecule has 14 heavy (non-hydrogen) atoms. The molecule has 0 bridgehead atoms. The first-order valence-corrected chi connectivity index (χ1v) is 6.41. The maximum atomic E-state index is 9.36. The largest absolute Gasteiger partial charge is 0.197 e. The summed E-state index contributed by atoms with van der Waals surface area (Å²) in [5.41, 5.74) is 0. The highest BCUT2D eigenvalue weighted by molar-refractivity contribution is 8.02. The van der Waals surface area contributed by atoms with Crippen LogP contribution in [0, 0.1) is 11.3 Å². The smallest absolute Gasteiger partial charge is 0.103 e. The molecule has 0 saturated heterocycles. The quantitative estimate of drug-likeness (QED) is 0.609. The molecule has 0 radical (unpaired) electrons. The second kappa shape index (κ2) is 4.57. The summed E-state index contributed by atoms with van der Waals surface area (Å²) in [4.78, 5) is 0. The molecule has 0 spiro atoms. The van der Waals surface area contributed by atoms with Crippen LogP contribution in [0.25, 0.3) is 0 Å². The van der Waals surface area contributed by atoms with E-state index in [2.05, 4.69) is 26.8 Å². The van der Waals surface area contributed by atoms with Crippen molar-refractivity contribution in [3.8, 4) is 6.07 Å². The monoisotopic (exact) mass is 211 g/mol. The Morgan fingerprint density at radius 1 is 1.07 bits per heavy atom. The van der Waals surface area contributed by atoms with Gasteiger partial charge in [-0.05, 0) is 12.8 Å². The number of nitriles is 1. The molecule has 1 saturated carbocycles. The summed E-state index contributed by atoms with van der Waals surface area (Å²) >= 11 is 1.88. The maximum Gasteiger partial charge on any atom is 0.103 e. The van der Waals surface area contributed by atoms with Gasteiger partial charge in [0.15, 0.2) is 0 Å². The second-order valence-corrected chi connectivity index (χ2v) is 7.45. The molecule has 1 nitrogen and oxygen atoms in total. The summed E-state index contributed by atoms with van der Waals surface area (Å²) in [5, 5.41) is 9.36. The zero-order valence-corrected chi connectivity index (χ0v) is 10.4. The van der Waals surface area contributed by atoms with Crippen LogP contribution in [0.2, 0.25) is 0 Å². The van der Waals surface area contributed by atoms with E-state index in [1.807, 2.05) is 11.8 Å². The molecule has 0 amide bonds. The van der Waals surface area contributed by atoms with E-state index in [-0.39, 0.29) is 9.49 Å². The van der Waals surface area contributed by atoms with Crippen LogP contribution in [-0.2, 0) is 0 Å². The normalized spacial score (nSPS) is 22.4. The molecule has 1 aliphatic carbocycles. The van der Waals surface area contributed by atoms with Gasteiger partial charge in [-0.3, -0.25) is 0 Å². The molecular formula is C12H21NS. The minimum atomic E-state index is -0.0885. The van der Waals surface area contributed by atoms with Gasteiger partial charge in [0.25, 0.3) is 0 Å². The van der Waals surface area contributed by atoms with Crippen LogP contribution in [-0.4, -0.2) is 9.49 Å². The summed E-state index contributed by atoms with van der Waals surface area (Å²) in [6, 6.07) is 2.58. The zero-order chi connectivity index (χ0) is 10.7. The van der Waals surface area contributed by atoms with Crippen molar-refractivity contribution in [1.29, 1.82) is 5.26 Å². The lowest BCUT2D eigenvalue weighted by atomic mass is 10.0. The molecule has 0 aromatic heterocycles. The van der Waals surface area contributed by atoms with E-state index in [9.17, 15) is 5.26 Å². The minimum absolute atomic E-state index is 0.0885. The van der Waals surface area contributed by atoms with Crippen LogP contribution in [0.15, 0.2) is 0 Å². The lowest BCUT2D eigenvalue weighted by molar-refractivity contribution is 0.607. The molecule has 0 heterocycles. The van der Waals surface area contributed by atoms with E-state index in [0.717, 1.165) is 12.8 Å². The molecule has 0 N–H and O–H groups in total. The van der Waals surface area contributed by atoms with E-state index in [4.69, 9.17) is 0 Å². The number of nitrogens with zero attached hydrogens (tertiary/aromatic N) is 1. The molecule has 80 valence electrons. The Kier molecular flexibility index (Phi) is 3.89. The average Bonchev–Trinajstić information content (AvgIpc) is 2.28. The lowest BCUT2D eigenvalue weighted by Gasteiger charge is -2.31. The molecule has 1 aliphatic rings. The average molecular weight is 211 g/mol. The van der Waals surface area contributed by atoms with Crippen LogP contribution in [0.3, 0.4) is 0 Å². The molecular weight excluding hydrogens is 190 g/mol. The van der Waals surface area contributed by atoms with Crippen molar-refractivity contribution in [1.82, 2.24) is 0 Å². The first-order chi connectivity index (χ1) is 6.47. The van der Waals surface area contributed by atoms with Gasteiger partial charge >= 0.3 is 0 Å². The van der Waals surface area contributed by atoms with Crippen LogP contribution in [0.4, 0.5) is 0 Å². The van der Waals surface area contributed by atoms with Crippen molar-refractivity contribution in [2.24, 2.45) is 0 Å². The fraction of sp³-hybridized carbons (Fsp3) is 0.917. The van der Waals surface area contributed by atoms with Gasteiger partial charge in [-0.15, -0.1) is 11.8 Å². The third kappa shape index (κ3) is 3.53. The van der Waals surface area contributed by atoms with Crippen molar-refractivity contribution in [2.45, 2.75) is 68.8 Å². The molecule has 0 aliphatic heterocycles. The first kappa shape index (κ1) is 11.9. The van der Waals surface area contributed by atoms with E-state index < -0.39 is 0 Å². The highest BCUT2D eigenvalue weighted by atomic mass is 32.2. The number of hydrogen-bond acceptors (Lipinski definition) is 2. The second-order valence-electron chi connectivity index (χ2n) is 5.23. The van der Waals surface area contributed by atoms with Gasteiger partial charge in [0.1, 0.15) is 4.75 Å². The van der Waals surface area contributed by atoms with E-state index in [1.165, 1.54) is 25.7 Å². The minimum Gasteiger partial charge on any atom is -0.197 e. The van der Waals surface area contributed by atoms with Gasteiger partial charge in [0.05, 0.1) is 6.07 Å². The fourth-order valence-electron chi connectivity index (χ4n) is 2.12. The molecule has 2 heteroatoms. The summed E-state index contributed by atoms with van der Waals surface area (Å²) in [6.07, 6.45) is 7.27. The number of rotatable bonds is 1. The van der Waals surface area contributed by atoms with Crippen molar-refractivity contribution in [3.63, 3.8) is 0 Å². The number of thioether (sulfide) groups is 1. The fourth-order valence-corrected chi connectivity index (χ4v) is 3.83. The van der Waals surface area contributed by atoms with Crippen LogP contribution < -0.4 is 0 Å². The van der Waals surface area contributed by atoms with Gasteiger partial charge in [0, 0.05) is 4.75 Å². The Morgan fingerprint density at radius 2 is 1.57 bits per heavy atom. The molecule has 1 fully saturated rings. The Balaban J connectivity index is 2.69. The van der Waals surface area contributed by atoms with Gasteiger partial charge in [-0.25, -0.2) is 0 Å². The summed E-state index contributed by atoms with van der Waals surface area (Å²) in [5.74, 6) is 0. The van der Waals surface area contributed by atoms with Crippen LogP contribution in [0.5, 0.6) is 0 Å². The molecule has 0 unspecified atom stereocenters. The molecule has 0 aromatic carbocycles. The highest BCUT2D eigenvalue weighted by Crippen LogP contribution is 2.44. The summed E-state index contributed by atoms with van der Waals surface area (Å²) in [6.45, 7) is 6.63. The predicted octanol–water partition coefficient (Wildman–Crippen LogP) is 4.13. The first-order valence-electron chi connectivity index (χ1n) is 5.59. The van der Waals surface area contributed by atoms with Crippen molar-refractivity contribution in [2.75, 3.05) is 0 Å².